The highest BCUT2D eigenvalue weighted by atomic mass is 16.4. The largest absolute Gasteiger partial charge is 0.480 e. The van der Waals surface area contributed by atoms with Crippen molar-refractivity contribution in [3.05, 3.63) is 0 Å². The Labute approximate surface area is 109 Å². The lowest BCUT2D eigenvalue weighted by Crippen LogP contribution is -2.62. The van der Waals surface area contributed by atoms with Gasteiger partial charge in [-0.2, -0.15) is 0 Å². The Morgan fingerprint density at radius 1 is 1.44 bits per heavy atom. The van der Waals surface area contributed by atoms with E-state index in [9.17, 15) is 9.90 Å². The molecule has 5 heteroatoms. The van der Waals surface area contributed by atoms with Gasteiger partial charge in [0.1, 0.15) is 5.54 Å². The third kappa shape index (κ3) is 2.53. The summed E-state index contributed by atoms with van der Waals surface area (Å²) in [6.45, 7) is 5.77. The molecule has 2 rings (SSSR count). The highest BCUT2D eigenvalue weighted by Gasteiger charge is 2.51. The fraction of sp³-hybridized carbons (Fsp3) is 0.923. The molecule has 0 aromatic rings. The Bertz CT molecular complexity index is 319. The molecule has 1 aliphatic heterocycles. The molecule has 18 heavy (non-hydrogen) atoms. The van der Waals surface area contributed by atoms with Gasteiger partial charge in [-0.05, 0) is 39.8 Å². The van der Waals surface area contributed by atoms with Gasteiger partial charge in [-0.15, -0.1) is 0 Å². The van der Waals surface area contributed by atoms with Gasteiger partial charge in [0.2, 0.25) is 0 Å². The second-order valence-electron chi connectivity index (χ2n) is 5.87. The van der Waals surface area contributed by atoms with Gasteiger partial charge in [0.15, 0.2) is 0 Å². The molecule has 0 aromatic carbocycles. The molecule has 5 nitrogen and oxygen atoms in total. The molecule has 2 atom stereocenters. The van der Waals surface area contributed by atoms with E-state index in [0.29, 0.717) is 18.5 Å². The monoisotopic (exact) mass is 255 g/mol. The van der Waals surface area contributed by atoms with Crippen LogP contribution in [0.3, 0.4) is 0 Å². The number of carboxylic acid groups (broad SMARTS) is 1. The van der Waals surface area contributed by atoms with Gasteiger partial charge in [0.25, 0.3) is 0 Å². The van der Waals surface area contributed by atoms with Gasteiger partial charge < -0.3 is 15.3 Å². The molecule has 104 valence electrons. The summed E-state index contributed by atoms with van der Waals surface area (Å²) in [6.07, 6.45) is 2.08. The van der Waals surface area contributed by atoms with Crippen LogP contribution >= 0.6 is 0 Å². The number of hydrogen-bond donors (Lipinski definition) is 2. The minimum atomic E-state index is -0.740. The van der Waals surface area contributed by atoms with Crippen molar-refractivity contribution in [3.8, 4) is 0 Å². The maximum absolute atomic E-state index is 11.7. The van der Waals surface area contributed by atoms with E-state index in [0.717, 1.165) is 32.5 Å². The summed E-state index contributed by atoms with van der Waals surface area (Å²) in [5, 5.41) is 12.7. The topological polar surface area (TPSA) is 55.8 Å². The van der Waals surface area contributed by atoms with Crippen LogP contribution in [0.5, 0.6) is 0 Å². The van der Waals surface area contributed by atoms with Crippen molar-refractivity contribution in [2.75, 3.05) is 40.3 Å². The van der Waals surface area contributed by atoms with Crippen LogP contribution in [0, 0.1) is 5.92 Å². The van der Waals surface area contributed by atoms with E-state index in [1.165, 1.54) is 0 Å². The SMILES string of the molecule is CNC(CN1CCN(C)C(C)C1)(C(=O)O)C1CC1. The molecular formula is C13H25N3O2. The number of aliphatic carboxylic acids is 1. The predicted octanol–water partition coefficient (Wildman–Crippen LogP) is 0.0751. The van der Waals surface area contributed by atoms with Crippen molar-refractivity contribution in [2.24, 2.45) is 5.92 Å². The van der Waals surface area contributed by atoms with E-state index in [4.69, 9.17) is 0 Å². The molecule has 2 unspecified atom stereocenters. The van der Waals surface area contributed by atoms with E-state index in [1.54, 1.807) is 7.05 Å². The van der Waals surface area contributed by atoms with Crippen LogP contribution in [-0.2, 0) is 4.79 Å². The third-order valence-electron chi connectivity index (χ3n) is 4.62. The zero-order valence-corrected chi connectivity index (χ0v) is 11.6. The summed E-state index contributed by atoms with van der Waals surface area (Å²) in [5.41, 5.74) is -0.740. The first-order valence-electron chi connectivity index (χ1n) is 6.84. The highest BCUT2D eigenvalue weighted by Crippen LogP contribution is 2.40. The molecule has 0 amide bonds. The summed E-state index contributed by atoms with van der Waals surface area (Å²) in [7, 11) is 3.91. The third-order valence-corrected chi connectivity index (χ3v) is 4.62. The Morgan fingerprint density at radius 2 is 2.11 bits per heavy atom. The molecule has 0 bridgehead atoms. The molecule has 2 fully saturated rings. The number of rotatable bonds is 5. The summed E-state index contributed by atoms with van der Waals surface area (Å²) in [4.78, 5) is 16.3. The van der Waals surface area contributed by atoms with E-state index in [-0.39, 0.29) is 0 Å². The number of likely N-dealkylation sites (N-methyl/N-ethyl adjacent to an activating group) is 2. The molecule has 2 N–H and O–H groups in total. The lowest BCUT2D eigenvalue weighted by Gasteiger charge is -2.42. The normalized spacial score (nSPS) is 30.1. The number of carboxylic acids is 1. The summed E-state index contributed by atoms with van der Waals surface area (Å²) in [5.74, 6) is -0.394. The van der Waals surface area contributed by atoms with Crippen molar-refractivity contribution in [1.29, 1.82) is 0 Å². The summed E-state index contributed by atoms with van der Waals surface area (Å²) < 4.78 is 0. The fourth-order valence-electron chi connectivity index (χ4n) is 2.96. The number of piperazine rings is 1. The predicted molar refractivity (Wildman–Crippen MR) is 70.7 cm³/mol. The molecule has 1 saturated carbocycles. The second-order valence-corrected chi connectivity index (χ2v) is 5.87. The first kappa shape index (κ1) is 13.8. The molecule has 1 saturated heterocycles. The van der Waals surface area contributed by atoms with Crippen LogP contribution in [-0.4, -0.2) is 72.7 Å². The van der Waals surface area contributed by atoms with Crippen LogP contribution in [0.25, 0.3) is 0 Å². The Balaban J connectivity index is 2.03. The van der Waals surface area contributed by atoms with Gasteiger partial charge >= 0.3 is 5.97 Å². The van der Waals surface area contributed by atoms with Gasteiger partial charge in [0.05, 0.1) is 0 Å². The molecular weight excluding hydrogens is 230 g/mol. The number of carbonyl (C=O) groups is 1. The van der Waals surface area contributed by atoms with Gasteiger partial charge in [-0.25, -0.2) is 0 Å². The minimum Gasteiger partial charge on any atom is -0.480 e. The molecule has 0 aromatic heterocycles. The quantitative estimate of drug-likeness (QED) is 0.728. The van der Waals surface area contributed by atoms with Crippen LogP contribution in [0.4, 0.5) is 0 Å². The Morgan fingerprint density at radius 3 is 2.56 bits per heavy atom. The smallest absolute Gasteiger partial charge is 0.325 e. The maximum Gasteiger partial charge on any atom is 0.325 e. The highest BCUT2D eigenvalue weighted by molar-refractivity contribution is 5.80. The van der Waals surface area contributed by atoms with Crippen molar-refractivity contribution < 1.29 is 9.90 Å². The van der Waals surface area contributed by atoms with Crippen molar-refractivity contribution >= 4 is 5.97 Å². The van der Waals surface area contributed by atoms with E-state index >= 15 is 0 Å². The average molecular weight is 255 g/mol. The molecule has 2 aliphatic rings. The Hall–Kier alpha value is -0.650. The van der Waals surface area contributed by atoms with Crippen LogP contribution in [0.1, 0.15) is 19.8 Å². The van der Waals surface area contributed by atoms with E-state index < -0.39 is 11.5 Å². The number of nitrogens with one attached hydrogen (secondary N) is 1. The van der Waals surface area contributed by atoms with Crippen molar-refractivity contribution in [2.45, 2.75) is 31.3 Å². The van der Waals surface area contributed by atoms with Crippen LogP contribution in [0.2, 0.25) is 0 Å². The fourth-order valence-corrected chi connectivity index (χ4v) is 2.96. The zero-order chi connectivity index (χ0) is 13.3. The average Bonchev–Trinajstić information content (AvgIpc) is 3.14. The standard InChI is InChI=1S/C13H25N3O2/c1-10-8-16(7-6-15(10)3)9-13(14-2,12(17)18)11-4-5-11/h10-11,14H,4-9H2,1-3H3,(H,17,18). The molecule has 1 aliphatic carbocycles. The summed E-state index contributed by atoms with van der Waals surface area (Å²) >= 11 is 0. The first-order chi connectivity index (χ1) is 8.49. The minimum absolute atomic E-state index is 0.301. The summed E-state index contributed by atoms with van der Waals surface area (Å²) in [6, 6.07) is 0.501. The lowest BCUT2D eigenvalue weighted by molar-refractivity contribution is -0.147. The van der Waals surface area contributed by atoms with Crippen molar-refractivity contribution in [3.63, 3.8) is 0 Å². The van der Waals surface area contributed by atoms with Gasteiger partial charge in [-0.3, -0.25) is 9.69 Å². The van der Waals surface area contributed by atoms with Gasteiger partial charge in [-0.1, -0.05) is 0 Å². The van der Waals surface area contributed by atoms with E-state index in [1.807, 2.05) is 0 Å². The van der Waals surface area contributed by atoms with E-state index in [2.05, 4.69) is 29.1 Å². The van der Waals surface area contributed by atoms with Gasteiger partial charge in [0, 0.05) is 32.2 Å². The zero-order valence-electron chi connectivity index (χ0n) is 11.6. The maximum atomic E-state index is 11.7. The Kier molecular flexibility index (Phi) is 3.94. The molecule has 0 spiro atoms. The van der Waals surface area contributed by atoms with Crippen LogP contribution < -0.4 is 5.32 Å². The first-order valence-corrected chi connectivity index (χ1v) is 6.84. The lowest BCUT2D eigenvalue weighted by atomic mass is 9.92. The molecule has 1 heterocycles. The van der Waals surface area contributed by atoms with Crippen LogP contribution in [0.15, 0.2) is 0 Å². The number of nitrogens with zero attached hydrogens (tertiary/aromatic N) is 2. The number of hydrogen-bond acceptors (Lipinski definition) is 4. The molecule has 0 radical (unpaired) electrons. The second kappa shape index (κ2) is 5.15. The van der Waals surface area contributed by atoms with Crippen molar-refractivity contribution in [1.82, 2.24) is 15.1 Å².